The molecule has 2 aliphatic rings. The number of ether oxygens (including phenoxy) is 1. The van der Waals surface area contributed by atoms with Gasteiger partial charge in [0.05, 0.1) is 12.0 Å². The second-order valence-corrected chi connectivity index (χ2v) is 7.76. The van der Waals surface area contributed by atoms with E-state index in [1.54, 1.807) is 7.11 Å². The van der Waals surface area contributed by atoms with Crippen LogP contribution in [0.25, 0.3) is 0 Å². The summed E-state index contributed by atoms with van der Waals surface area (Å²) in [6.07, 6.45) is 5.00. The predicted octanol–water partition coefficient (Wildman–Crippen LogP) is 3.72. The van der Waals surface area contributed by atoms with Crippen molar-refractivity contribution in [2.24, 2.45) is 23.7 Å². The molecule has 1 amide bonds. The zero-order chi connectivity index (χ0) is 15.7. The quantitative estimate of drug-likeness (QED) is 0.773. The number of hydrogen-bond acceptors (Lipinski definition) is 2. The molecule has 4 unspecified atom stereocenters. The SMILES string of the molecule is COC(C)C(C(=O)N1C2CCCC2C[C@H]1C(C)C)C(C)C. The van der Waals surface area contributed by atoms with Gasteiger partial charge in [0, 0.05) is 19.2 Å². The van der Waals surface area contributed by atoms with E-state index >= 15 is 0 Å². The Bertz CT molecular complexity index is 366. The fourth-order valence-electron chi connectivity index (χ4n) is 4.60. The number of amides is 1. The lowest BCUT2D eigenvalue weighted by molar-refractivity contribution is -0.146. The number of hydrogen-bond donors (Lipinski definition) is 0. The summed E-state index contributed by atoms with van der Waals surface area (Å²) in [6.45, 7) is 10.8. The van der Waals surface area contributed by atoms with Crippen LogP contribution in [0, 0.1) is 23.7 Å². The summed E-state index contributed by atoms with van der Waals surface area (Å²) >= 11 is 0. The van der Waals surface area contributed by atoms with Crippen LogP contribution in [0.2, 0.25) is 0 Å². The molecule has 0 bridgehead atoms. The first-order valence-electron chi connectivity index (χ1n) is 8.73. The van der Waals surface area contributed by atoms with E-state index in [0.717, 1.165) is 5.92 Å². The minimum Gasteiger partial charge on any atom is -0.381 e. The monoisotopic (exact) mass is 295 g/mol. The van der Waals surface area contributed by atoms with Gasteiger partial charge in [0.25, 0.3) is 0 Å². The summed E-state index contributed by atoms with van der Waals surface area (Å²) in [5.74, 6) is 1.93. The average Bonchev–Trinajstić information content (AvgIpc) is 2.97. The van der Waals surface area contributed by atoms with Gasteiger partial charge in [0.15, 0.2) is 0 Å². The Morgan fingerprint density at radius 1 is 1.14 bits per heavy atom. The van der Waals surface area contributed by atoms with E-state index in [2.05, 4.69) is 32.6 Å². The van der Waals surface area contributed by atoms with Gasteiger partial charge in [-0.05, 0) is 43.9 Å². The number of likely N-dealkylation sites (tertiary alicyclic amines) is 1. The van der Waals surface area contributed by atoms with Gasteiger partial charge in [-0.2, -0.15) is 0 Å². The standard InChI is InChI=1S/C18H33NO2/c1-11(2)16-10-14-8-7-9-15(14)19(16)18(20)17(12(3)4)13(5)21-6/h11-17H,7-10H2,1-6H3/t13?,14?,15?,16-,17?/m0/s1. The van der Waals surface area contributed by atoms with Gasteiger partial charge in [-0.1, -0.05) is 34.1 Å². The highest BCUT2D eigenvalue weighted by Crippen LogP contribution is 2.44. The second kappa shape index (κ2) is 6.68. The van der Waals surface area contributed by atoms with Gasteiger partial charge in [-0.15, -0.1) is 0 Å². The molecule has 0 aromatic heterocycles. The second-order valence-electron chi connectivity index (χ2n) is 7.76. The van der Waals surface area contributed by atoms with Crippen LogP contribution in [0.4, 0.5) is 0 Å². The minimum absolute atomic E-state index is 0.00855. The first kappa shape index (κ1) is 16.8. The summed E-state index contributed by atoms with van der Waals surface area (Å²) in [4.78, 5) is 15.6. The Balaban J connectivity index is 2.24. The van der Waals surface area contributed by atoms with Crippen molar-refractivity contribution in [1.29, 1.82) is 0 Å². The molecule has 1 aliphatic carbocycles. The van der Waals surface area contributed by atoms with Gasteiger partial charge >= 0.3 is 0 Å². The molecular formula is C18H33NO2. The lowest BCUT2D eigenvalue weighted by Crippen LogP contribution is -2.50. The van der Waals surface area contributed by atoms with Gasteiger partial charge < -0.3 is 9.64 Å². The first-order chi connectivity index (χ1) is 9.88. The van der Waals surface area contributed by atoms with Crippen molar-refractivity contribution in [2.75, 3.05) is 7.11 Å². The van der Waals surface area contributed by atoms with E-state index in [0.29, 0.717) is 29.8 Å². The topological polar surface area (TPSA) is 29.5 Å². The van der Waals surface area contributed by atoms with E-state index in [4.69, 9.17) is 4.74 Å². The number of methoxy groups -OCH3 is 1. The molecule has 122 valence electrons. The molecule has 3 nitrogen and oxygen atoms in total. The molecule has 0 spiro atoms. The van der Waals surface area contributed by atoms with E-state index < -0.39 is 0 Å². The zero-order valence-electron chi connectivity index (χ0n) is 14.6. The molecule has 2 rings (SSSR count). The van der Waals surface area contributed by atoms with E-state index in [1.165, 1.54) is 25.7 Å². The van der Waals surface area contributed by atoms with Gasteiger partial charge in [-0.3, -0.25) is 4.79 Å². The summed E-state index contributed by atoms with van der Waals surface area (Å²) in [5, 5.41) is 0. The maximum atomic E-state index is 13.3. The molecular weight excluding hydrogens is 262 g/mol. The number of carbonyl (C=O) groups is 1. The van der Waals surface area contributed by atoms with Crippen molar-refractivity contribution >= 4 is 5.91 Å². The van der Waals surface area contributed by atoms with Crippen LogP contribution < -0.4 is 0 Å². The zero-order valence-corrected chi connectivity index (χ0v) is 14.6. The third kappa shape index (κ3) is 3.13. The Morgan fingerprint density at radius 2 is 1.81 bits per heavy atom. The van der Waals surface area contributed by atoms with Crippen LogP contribution in [0.15, 0.2) is 0 Å². The molecule has 2 fully saturated rings. The molecule has 0 aromatic rings. The Labute approximate surface area is 130 Å². The van der Waals surface area contributed by atoms with Crippen molar-refractivity contribution in [1.82, 2.24) is 4.90 Å². The lowest BCUT2D eigenvalue weighted by Gasteiger charge is -2.37. The molecule has 5 atom stereocenters. The Kier molecular flexibility index (Phi) is 5.34. The molecule has 0 aromatic carbocycles. The molecule has 1 saturated carbocycles. The van der Waals surface area contributed by atoms with Crippen molar-refractivity contribution in [2.45, 2.75) is 78.5 Å². The molecule has 1 heterocycles. The number of carbonyl (C=O) groups excluding carboxylic acids is 1. The average molecular weight is 295 g/mol. The highest BCUT2D eigenvalue weighted by molar-refractivity contribution is 5.81. The van der Waals surface area contributed by atoms with Crippen LogP contribution in [-0.4, -0.2) is 36.1 Å². The molecule has 1 saturated heterocycles. The van der Waals surface area contributed by atoms with Gasteiger partial charge in [0.2, 0.25) is 5.91 Å². The van der Waals surface area contributed by atoms with Crippen LogP contribution in [-0.2, 0) is 9.53 Å². The van der Waals surface area contributed by atoms with Crippen molar-refractivity contribution < 1.29 is 9.53 Å². The normalized spacial score (nSPS) is 31.8. The van der Waals surface area contributed by atoms with Crippen LogP contribution in [0.5, 0.6) is 0 Å². The summed E-state index contributed by atoms with van der Waals surface area (Å²) in [6, 6.07) is 0.924. The van der Waals surface area contributed by atoms with Crippen LogP contribution in [0.1, 0.15) is 60.3 Å². The van der Waals surface area contributed by atoms with E-state index in [-0.39, 0.29) is 12.0 Å². The van der Waals surface area contributed by atoms with Crippen molar-refractivity contribution in [3.8, 4) is 0 Å². The summed E-state index contributed by atoms with van der Waals surface area (Å²) < 4.78 is 5.51. The van der Waals surface area contributed by atoms with Crippen LogP contribution in [0.3, 0.4) is 0 Å². The summed E-state index contributed by atoms with van der Waals surface area (Å²) in [7, 11) is 1.72. The Hall–Kier alpha value is -0.570. The smallest absolute Gasteiger partial charge is 0.229 e. The Morgan fingerprint density at radius 3 is 2.33 bits per heavy atom. The van der Waals surface area contributed by atoms with E-state index in [1.807, 2.05) is 6.92 Å². The predicted molar refractivity (Wildman–Crippen MR) is 86.0 cm³/mol. The fourth-order valence-corrected chi connectivity index (χ4v) is 4.60. The minimum atomic E-state index is -0.0180. The maximum absolute atomic E-state index is 13.3. The van der Waals surface area contributed by atoms with Gasteiger partial charge in [-0.25, -0.2) is 0 Å². The highest BCUT2D eigenvalue weighted by atomic mass is 16.5. The van der Waals surface area contributed by atoms with Crippen LogP contribution >= 0.6 is 0 Å². The number of nitrogens with zero attached hydrogens (tertiary/aromatic N) is 1. The molecule has 1 aliphatic heterocycles. The van der Waals surface area contributed by atoms with Crippen molar-refractivity contribution in [3.63, 3.8) is 0 Å². The highest BCUT2D eigenvalue weighted by Gasteiger charge is 2.48. The number of rotatable bonds is 5. The molecule has 3 heteroatoms. The third-order valence-electron chi connectivity index (χ3n) is 5.78. The van der Waals surface area contributed by atoms with Crippen molar-refractivity contribution in [3.05, 3.63) is 0 Å². The summed E-state index contributed by atoms with van der Waals surface area (Å²) in [5.41, 5.74) is 0. The van der Waals surface area contributed by atoms with Gasteiger partial charge in [0.1, 0.15) is 0 Å². The maximum Gasteiger partial charge on any atom is 0.229 e. The third-order valence-corrected chi connectivity index (χ3v) is 5.78. The largest absolute Gasteiger partial charge is 0.381 e. The van der Waals surface area contributed by atoms with E-state index in [9.17, 15) is 4.79 Å². The lowest BCUT2D eigenvalue weighted by atomic mass is 9.88. The molecule has 0 N–H and O–H groups in total. The fraction of sp³-hybridized carbons (Fsp3) is 0.944. The first-order valence-corrected chi connectivity index (χ1v) is 8.73. The molecule has 0 radical (unpaired) electrons. The number of fused-ring (bicyclic) bond motifs is 1. The molecule has 21 heavy (non-hydrogen) atoms.